The number of fused-ring (bicyclic) bond motifs is 1. The van der Waals surface area contributed by atoms with E-state index >= 15 is 0 Å². The fourth-order valence-electron chi connectivity index (χ4n) is 4.20. The molecule has 0 spiro atoms. The zero-order chi connectivity index (χ0) is 28.3. The number of hydrogen-bond acceptors (Lipinski definition) is 8. The van der Waals surface area contributed by atoms with Crippen LogP contribution in [0.3, 0.4) is 0 Å². The summed E-state index contributed by atoms with van der Waals surface area (Å²) in [5.74, 6) is 0.299. The van der Waals surface area contributed by atoms with E-state index in [9.17, 15) is 26.7 Å². The monoisotopic (exact) mass is 569 g/mol. The van der Waals surface area contributed by atoms with Gasteiger partial charge in [0, 0.05) is 30.8 Å². The van der Waals surface area contributed by atoms with Crippen molar-refractivity contribution in [2.45, 2.75) is 37.3 Å². The largest absolute Gasteiger partial charge is 0.497 e. The normalized spacial score (nSPS) is 19.6. The second-order valence-corrected chi connectivity index (χ2v) is 13.3. The number of carbonyl (C=O) groups excluding carboxylic acids is 1. The quantitative estimate of drug-likeness (QED) is 0.463. The molecule has 11 nitrogen and oxygen atoms in total. The molecule has 1 heterocycles. The van der Waals surface area contributed by atoms with Gasteiger partial charge < -0.3 is 19.5 Å². The first kappa shape index (κ1) is 29.7. The highest BCUT2D eigenvalue weighted by atomic mass is 32.2. The molecule has 3 atom stereocenters. The van der Waals surface area contributed by atoms with Crippen LogP contribution in [0.25, 0.3) is 0 Å². The van der Waals surface area contributed by atoms with Crippen molar-refractivity contribution in [1.29, 1.82) is 0 Å². The fraction of sp³-hybridized carbons (Fsp3) is 0.480. The van der Waals surface area contributed by atoms with Crippen molar-refractivity contribution in [3.05, 3.63) is 48.0 Å². The summed E-state index contributed by atoms with van der Waals surface area (Å²) in [5.41, 5.74) is 0.714. The lowest BCUT2D eigenvalue weighted by molar-refractivity contribution is -0.134. The van der Waals surface area contributed by atoms with Gasteiger partial charge >= 0.3 is 0 Å². The van der Waals surface area contributed by atoms with Gasteiger partial charge in [0.25, 0.3) is 0 Å². The molecule has 1 aliphatic heterocycles. The van der Waals surface area contributed by atoms with E-state index in [1.54, 1.807) is 30.0 Å². The molecular formula is C25H35N3O8S2. The summed E-state index contributed by atoms with van der Waals surface area (Å²) >= 11 is 0. The maximum atomic E-state index is 13.3. The molecule has 2 N–H and O–H groups in total. The molecule has 2 aromatic carbocycles. The first-order chi connectivity index (χ1) is 17.7. The van der Waals surface area contributed by atoms with Gasteiger partial charge in [0.2, 0.25) is 26.0 Å². The summed E-state index contributed by atoms with van der Waals surface area (Å²) in [6.45, 7) is 3.53. The predicted octanol–water partition coefficient (Wildman–Crippen LogP) is 1.54. The number of benzene rings is 2. The van der Waals surface area contributed by atoms with Crippen molar-refractivity contribution in [3.63, 3.8) is 0 Å². The number of aliphatic hydroxyl groups excluding tert-OH is 1. The molecule has 0 fully saturated rings. The van der Waals surface area contributed by atoms with Crippen molar-refractivity contribution < 1.29 is 36.2 Å². The average molecular weight is 570 g/mol. The van der Waals surface area contributed by atoms with Crippen LogP contribution in [0.15, 0.2) is 47.4 Å². The van der Waals surface area contributed by atoms with Gasteiger partial charge in [-0.3, -0.25) is 9.52 Å². The molecule has 38 heavy (non-hydrogen) atoms. The second kappa shape index (κ2) is 11.9. The van der Waals surface area contributed by atoms with Gasteiger partial charge in [0.15, 0.2) is 0 Å². The second-order valence-electron chi connectivity index (χ2n) is 9.55. The number of methoxy groups -OCH3 is 1. The highest BCUT2D eigenvalue weighted by molar-refractivity contribution is 7.92. The van der Waals surface area contributed by atoms with Gasteiger partial charge in [0.1, 0.15) is 17.6 Å². The van der Waals surface area contributed by atoms with Crippen LogP contribution in [0.4, 0.5) is 5.69 Å². The molecule has 0 unspecified atom stereocenters. The number of nitrogens with zero attached hydrogens (tertiary/aromatic N) is 2. The number of likely N-dealkylation sites (N-methyl/N-ethyl adjacent to an activating group) is 1. The molecule has 0 aliphatic carbocycles. The number of ether oxygens (including phenoxy) is 2. The Morgan fingerprint density at radius 1 is 1.18 bits per heavy atom. The molecule has 210 valence electrons. The minimum absolute atomic E-state index is 0.0200. The Kier molecular flexibility index (Phi) is 9.29. The van der Waals surface area contributed by atoms with Crippen molar-refractivity contribution in [3.8, 4) is 11.5 Å². The van der Waals surface area contributed by atoms with Gasteiger partial charge in [-0.1, -0.05) is 6.92 Å². The van der Waals surface area contributed by atoms with Gasteiger partial charge in [-0.05, 0) is 49.4 Å². The van der Waals surface area contributed by atoms with E-state index in [0.29, 0.717) is 17.1 Å². The number of carbonyl (C=O) groups is 1. The Balaban J connectivity index is 1.98. The fourth-order valence-corrected chi connectivity index (χ4v) is 5.94. The Morgan fingerprint density at radius 2 is 1.84 bits per heavy atom. The lowest BCUT2D eigenvalue weighted by Crippen LogP contribution is -2.48. The summed E-state index contributed by atoms with van der Waals surface area (Å²) in [6.07, 6.45) is 0.274. The van der Waals surface area contributed by atoms with E-state index in [4.69, 9.17) is 9.47 Å². The number of nitrogens with one attached hydrogen (secondary N) is 1. The summed E-state index contributed by atoms with van der Waals surface area (Å²) in [4.78, 5) is 14.9. The number of aliphatic hydroxyl groups is 1. The van der Waals surface area contributed by atoms with E-state index in [2.05, 4.69) is 4.72 Å². The smallest absolute Gasteiger partial charge is 0.242 e. The van der Waals surface area contributed by atoms with E-state index in [0.717, 1.165) is 6.26 Å². The highest BCUT2D eigenvalue weighted by Crippen LogP contribution is 2.30. The first-order valence-electron chi connectivity index (χ1n) is 12.0. The number of hydrogen-bond donors (Lipinski definition) is 2. The molecule has 0 saturated carbocycles. The zero-order valence-corrected chi connectivity index (χ0v) is 23.8. The Hall–Kier alpha value is -2.87. The van der Waals surface area contributed by atoms with Crippen molar-refractivity contribution in [2.75, 3.05) is 44.8 Å². The first-order valence-corrected chi connectivity index (χ1v) is 15.4. The van der Waals surface area contributed by atoms with Gasteiger partial charge in [-0.2, -0.15) is 4.31 Å². The molecule has 0 radical (unpaired) electrons. The van der Waals surface area contributed by atoms with Gasteiger partial charge in [-0.15, -0.1) is 0 Å². The maximum Gasteiger partial charge on any atom is 0.242 e. The SMILES string of the molecule is COc1ccc(S(=O)(=O)N(C)C[C@@H]2Oc3ccc(NS(C)(=O)=O)cc3CC(=O)N([C@H](C)CO)C[C@@H]2C)cc1. The maximum absolute atomic E-state index is 13.3. The number of rotatable bonds is 9. The van der Waals surface area contributed by atoms with Crippen molar-refractivity contribution >= 4 is 31.6 Å². The van der Waals surface area contributed by atoms with Crippen LogP contribution in [0.5, 0.6) is 11.5 Å². The standard InChI is InChI=1S/C25H35N3O8S2/c1-17-14-28(18(2)16-29)25(30)13-19-12-20(26-37(5,31)32)6-11-23(19)36-24(17)15-27(3)38(33,34)22-9-7-21(35-4)8-10-22/h6-12,17-18,24,26,29H,13-16H2,1-5H3/t17-,18+,24-/m0/s1. The lowest BCUT2D eigenvalue weighted by atomic mass is 10.0. The van der Waals surface area contributed by atoms with E-state index in [1.807, 2.05) is 6.92 Å². The Morgan fingerprint density at radius 3 is 2.42 bits per heavy atom. The van der Waals surface area contributed by atoms with E-state index in [1.165, 1.54) is 42.7 Å². The summed E-state index contributed by atoms with van der Waals surface area (Å²) in [7, 11) is -4.46. The summed E-state index contributed by atoms with van der Waals surface area (Å²) < 4.78 is 65.1. The van der Waals surface area contributed by atoms with Crippen molar-refractivity contribution in [1.82, 2.24) is 9.21 Å². The number of anilines is 1. The minimum Gasteiger partial charge on any atom is -0.497 e. The molecule has 13 heteroatoms. The van der Waals surface area contributed by atoms with Crippen LogP contribution in [-0.2, 0) is 31.3 Å². The van der Waals surface area contributed by atoms with Crippen LogP contribution < -0.4 is 14.2 Å². The van der Waals surface area contributed by atoms with E-state index in [-0.39, 0.29) is 48.5 Å². The third kappa shape index (κ3) is 7.16. The van der Waals surface area contributed by atoms with Crippen LogP contribution in [-0.4, -0.2) is 89.3 Å². The lowest BCUT2D eigenvalue weighted by Gasteiger charge is -2.33. The average Bonchev–Trinajstić information content (AvgIpc) is 2.90. The molecule has 1 aliphatic rings. The molecule has 0 saturated heterocycles. The van der Waals surface area contributed by atoms with Crippen LogP contribution in [0.2, 0.25) is 0 Å². The molecule has 0 aromatic heterocycles. The van der Waals surface area contributed by atoms with Crippen LogP contribution in [0.1, 0.15) is 19.4 Å². The van der Waals surface area contributed by atoms with Crippen LogP contribution >= 0.6 is 0 Å². The molecule has 0 bridgehead atoms. The van der Waals surface area contributed by atoms with Crippen LogP contribution in [0, 0.1) is 5.92 Å². The third-order valence-corrected chi connectivity index (χ3v) is 8.87. The van der Waals surface area contributed by atoms with Gasteiger partial charge in [-0.25, -0.2) is 16.8 Å². The zero-order valence-electron chi connectivity index (χ0n) is 22.1. The Bertz CT molecular complexity index is 1350. The summed E-state index contributed by atoms with van der Waals surface area (Å²) in [6, 6.07) is 10.2. The highest BCUT2D eigenvalue weighted by Gasteiger charge is 2.33. The number of amides is 1. The topological polar surface area (TPSA) is 143 Å². The molecule has 3 rings (SSSR count). The predicted molar refractivity (Wildman–Crippen MR) is 143 cm³/mol. The molecule has 2 aromatic rings. The molecular weight excluding hydrogens is 534 g/mol. The number of sulfonamides is 2. The third-order valence-electron chi connectivity index (χ3n) is 6.42. The van der Waals surface area contributed by atoms with E-state index < -0.39 is 32.2 Å². The molecule has 1 amide bonds. The van der Waals surface area contributed by atoms with Crippen molar-refractivity contribution in [2.24, 2.45) is 5.92 Å². The Labute approximate surface area is 224 Å². The van der Waals surface area contributed by atoms with Gasteiger partial charge in [0.05, 0.1) is 43.9 Å². The summed E-state index contributed by atoms with van der Waals surface area (Å²) in [5, 5.41) is 9.77. The minimum atomic E-state index is -3.87.